The molecule has 0 radical (unpaired) electrons. The fourth-order valence-electron chi connectivity index (χ4n) is 2.61. The molecule has 3 rings (SSSR count). The van der Waals surface area contributed by atoms with E-state index in [0.29, 0.717) is 23.5 Å². The van der Waals surface area contributed by atoms with Crippen molar-refractivity contribution in [3.8, 4) is 5.75 Å². The number of hydrazone groups is 1. The third-order valence-electron chi connectivity index (χ3n) is 3.90. The van der Waals surface area contributed by atoms with Crippen LogP contribution in [0.1, 0.15) is 11.1 Å². The molecule has 1 aromatic heterocycles. The summed E-state index contributed by atoms with van der Waals surface area (Å²) >= 11 is 0. The smallest absolute Gasteiger partial charge is 0.406 e. The molecule has 0 aliphatic rings. The molecule has 5 N–H and O–H groups in total. The molecule has 3 aromatic rings. The number of nitrogens with two attached hydrogens (primary N) is 2. The van der Waals surface area contributed by atoms with Crippen LogP contribution in [0.4, 0.5) is 24.5 Å². The van der Waals surface area contributed by atoms with Gasteiger partial charge in [0, 0.05) is 29.3 Å². The van der Waals surface area contributed by atoms with Crippen LogP contribution in [0.5, 0.6) is 5.75 Å². The maximum atomic E-state index is 12.3. The largest absolute Gasteiger partial charge is 0.573 e. The van der Waals surface area contributed by atoms with Gasteiger partial charge in [0.15, 0.2) is 5.84 Å². The van der Waals surface area contributed by atoms with Gasteiger partial charge in [-0.05, 0) is 54.1 Å². The minimum Gasteiger partial charge on any atom is -0.406 e. The average Bonchev–Trinajstić information content (AvgIpc) is 2.69. The molecule has 0 fully saturated rings. The Balaban J connectivity index is 1.73. The Morgan fingerprint density at radius 3 is 2.37 bits per heavy atom. The molecule has 0 saturated carbocycles. The van der Waals surface area contributed by atoms with Crippen LogP contribution >= 0.6 is 0 Å². The summed E-state index contributed by atoms with van der Waals surface area (Å²) in [5.74, 6) is 5.80. The van der Waals surface area contributed by atoms with E-state index in [1.54, 1.807) is 36.7 Å². The van der Waals surface area contributed by atoms with Crippen LogP contribution in [0.2, 0.25) is 0 Å². The Hall–Kier alpha value is -3.79. The molecule has 0 spiro atoms. The van der Waals surface area contributed by atoms with Gasteiger partial charge in [-0.25, -0.2) is 11.0 Å². The second kappa shape index (κ2) is 9.14. The molecule has 0 unspecified atom stereocenters. The van der Waals surface area contributed by atoms with Crippen molar-refractivity contribution in [1.82, 2.24) is 10.1 Å². The van der Waals surface area contributed by atoms with Crippen molar-refractivity contribution in [2.24, 2.45) is 16.7 Å². The number of halogens is 3. The zero-order valence-electron chi connectivity index (χ0n) is 15.7. The number of nitrogens with one attached hydrogen (secondary N) is 1. The average molecular weight is 416 g/mol. The van der Waals surface area contributed by atoms with Crippen LogP contribution in [0, 0.1) is 0 Å². The van der Waals surface area contributed by atoms with Crippen molar-refractivity contribution in [3.63, 3.8) is 0 Å². The molecule has 156 valence electrons. The number of nitrogens with zero attached hydrogens (tertiary/aromatic N) is 3. The predicted octanol–water partition coefficient (Wildman–Crippen LogP) is 3.72. The summed E-state index contributed by atoms with van der Waals surface area (Å²) in [7, 11) is 0. The molecule has 2 aromatic carbocycles. The van der Waals surface area contributed by atoms with E-state index in [2.05, 4.69) is 20.1 Å². The maximum Gasteiger partial charge on any atom is 0.573 e. The van der Waals surface area contributed by atoms with E-state index in [4.69, 9.17) is 11.6 Å². The van der Waals surface area contributed by atoms with Crippen LogP contribution in [0.25, 0.3) is 0 Å². The van der Waals surface area contributed by atoms with Crippen molar-refractivity contribution in [1.29, 1.82) is 0 Å². The first-order chi connectivity index (χ1) is 14.3. The highest BCUT2D eigenvalue weighted by Gasteiger charge is 2.30. The molecule has 10 heteroatoms. The predicted molar refractivity (Wildman–Crippen MR) is 108 cm³/mol. The first kappa shape index (κ1) is 20.9. The Kier molecular flexibility index (Phi) is 6.38. The quantitative estimate of drug-likeness (QED) is 0.235. The molecule has 30 heavy (non-hydrogen) atoms. The maximum absolute atomic E-state index is 12.3. The summed E-state index contributed by atoms with van der Waals surface area (Å²) in [4.78, 5) is 3.94. The van der Waals surface area contributed by atoms with Gasteiger partial charge in [-0.2, -0.15) is 0 Å². The zero-order valence-corrected chi connectivity index (χ0v) is 15.7. The second-order valence-corrected chi connectivity index (χ2v) is 6.18. The number of hydrogen-bond donors (Lipinski definition) is 3. The molecule has 0 saturated heterocycles. The number of hydrazine groups is 1. The van der Waals surface area contributed by atoms with E-state index in [9.17, 15) is 13.2 Å². The Morgan fingerprint density at radius 2 is 1.70 bits per heavy atom. The van der Waals surface area contributed by atoms with Gasteiger partial charge in [0.2, 0.25) is 0 Å². The number of anilines is 2. The fourth-order valence-corrected chi connectivity index (χ4v) is 2.61. The normalized spacial score (nSPS) is 11.8. The number of amidine groups is 1. The lowest BCUT2D eigenvalue weighted by molar-refractivity contribution is -0.274. The van der Waals surface area contributed by atoms with Gasteiger partial charge in [0.1, 0.15) is 5.75 Å². The lowest BCUT2D eigenvalue weighted by Crippen LogP contribution is -2.29. The fraction of sp³-hybridized carbons (Fsp3) is 0.100. The monoisotopic (exact) mass is 416 g/mol. The van der Waals surface area contributed by atoms with Crippen LogP contribution < -0.4 is 21.6 Å². The molecule has 1 heterocycles. The number of pyridine rings is 1. The summed E-state index contributed by atoms with van der Waals surface area (Å²) in [5, 5.41) is 8.51. The summed E-state index contributed by atoms with van der Waals surface area (Å²) in [6.07, 6.45) is -1.43. The molecule has 0 aliphatic carbocycles. The number of ether oxygens (including phenoxy) is 1. The lowest BCUT2D eigenvalue weighted by Gasteiger charge is -2.16. The van der Waals surface area contributed by atoms with Gasteiger partial charge in [0.05, 0.1) is 6.54 Å². The standard InChI is InChI=1S/C20H19F3N6O/c21-20(22,23)30-16-7-5-15(6-8-16)27-18-4-2-1-3-17(18)19(24)28-29(25)13-14-9-11-26-12-10-14/h1-12,27H,13,25H2,(H2,24,28). The third-order valence-corrected chi connectivity index (χ3v) is 3.90. The SMILES string of the molecule is N/C(=N\N(N)Cc1ccncc1)c1ccccc1Nc1ccc(OC(F)(F)F)cc1. The first-order valence-electron chi connectivity index (χ1n) is 8.77. The number of benzene rings is 2. The molecule has 7 nitrogen and oxygen atoms in total. The molecule has 0 amide bonds. The van der Waals surface area contributed by atoms with E-state index in [-0.39, 0.29) is 11.6 Å². The molecular weight excluding hydrogens is 397 g/mol. The van der Waals surface area contributed by atoms with E-state index >= 15 is 0 Å². The Labute approximate surface area is 170 Å². The van der Waals surface area contributed by atoms with Crippen LogP contribution in [0.15, 0.2) is 78.2 Å². The Bertz CT molecular complexity index is 993. The summed E-state index contributed by atoms with van der Waals surface area (Å²) < 4.78 is 40.7. The molecular formula is C20H19F3N6O. The number of rotatable bonds is 7. The van der Waals surface area contributed by atoms with Gasteiger partial charge in [-0.1, -0.05) is 12.1 Å². The van der Waals surface area contributed by atoms with E-state index < -0.39 is 6.36 Å². The highest BCUT2D eigenvalue weighted by molar-refractivity contribution is 6.02. The van der Waals surface area contributed by atoms with Crippen molar-refractivity contribution in [2.75, 3.05) is 5.32 Å². The number of hydrogen-bond acceptors (Lipinski definition) is 6. The highest BCUT2D eigenvalue weighted by atomic mass is 19.4. The topological polar surface area (TPSA) is 102 Å². The van der Waals surface area contributed by atoms with E-state index in [1.165, 1.54) is 29.4 Å². The summed E-state index contributed by atoms with van der Waals surface area (Å²) in [6, 6.07) is 16.1. The Morgan fingerprint density at radius 1 is 1.03 bits per heavy atom. The molecule has 0 bridgehead atoms. The van der Waals surface area contributed by atoms with Gasteiger partial charge in [-0.15, -0.1) is 18.3 Å². The summed E-state index contributed by atoms with van der Waals surface area (Å²) in [5.41, 5.74) is 8.78. The van der Waals surface area contributed by atoms with Crippen molar-refractivity contribution >= 4 is 17.2 Å². The molecule has 0 aliphatic heterocycles. The van der Waals surface area contributed by atoms with Crippen molar-refractivity contribution in [2.45, 2.75) is 12.9 Å². The van der Waals surface area contributed by atoms with Crippen molar-refractivity contribution in [3.05, 3.63) is 84.2 Å². The number of para-hydroxylation sites is 1. The van der Waals surface area contributed by atoms with E-state index in [1.807, 2.05) is 12.1 Å². The third kappa shape index (κ3) is 6.11. The molecule has 0 atom stereocenters. The van der Waals surface area contributed by atoms with Gasteiger partial charge in [-0.3, -0.25) is 4.98 Å². The van der Waals surface area contributed by atoms with Crippen molar-refractivity contribution < 1.29 is 17.9 Å². The van der Waals surface area contributed by atoms with Gasteiger partial charge < -0.3 is 15.8 Å². The zero-order chi connectivity index (χ0) is 21.6. The first-order valence-corrected chi connectivity index (χ1v) is 8.77. The van der Waals surface area contributed by atoms with Crippen LogP contribution in [-0.2, 0) is 6.54 Å². The van der Waals surface area contributed by atoms with Gasteiger partial charge >= 0.3 is 6.36 Å². The van der Waals surface area contributed by atoms with E-state index in [0.717, 1.165) is 5.56 Å². The summed E-state index contributed by atoms with van der Waals surface area (Å²) in [6.45, 7) is 0.333. The number of aromatic nitrogens is 1. The lowest BCUT2D eigenvalue weighted by atomic mass is 10.1. The minimum absolute atomic E-state index is 0.173. The van der Waals surface area contributed by atoms with Crippen LogP contribution in [-0.4, -0.2) is 22.3 Å². The van der Waals surface area contributed by atoms with Crippen LogP contribution in [0.3, 0.4) is 0 Å². The highest BCUT2D eigenvalue weighted by Crippen LogP contribution is 2.26. The second-order valence-electron chi connectivity index (χ2n) is 6.18. The minimum atomic E-state index is -4.74. The van der Waals surface area contributed by atoms with Gasteiger partial charge in [0.25, 0.3) is 0 Å². The number of alkyl halides is 3.